The van der Waals surface area contributed by atoms with Crippen LogP contribution in [0.15, 0.2) is 0 Å². The highest BCUT2D eigenvalue weighted by Crippen LogP contribution is 2.10. The van der Waals surface area contributed by atoms with Gasteiger partial charge in [0.05, 0.1) is 0 Å². The lowest BCUT2D eigenvalue weighted by Gasteiger charge is -2.28. The number of amides is 1. The number of rotatable bonds is 4. The van der Waals surface area contributed by atoms with Crippen LogP contribution in [0, 0.1) is 0 Å². The molecule has 3 nitrogen and oxygen atoms in total. The third-order valence-corrected chi connectivity index (χ3v) is 2.87. The smallest absolute Gasteiger partial charge is 0.222 e. The predicted octanol–water partition coefficient (Wildman–Crippen LogP) is 1.12. The van der Waals surface area contributed by atoms with Crippen LogP contribution in [0.25, 0.3) is 0 Å². The molecule has 0 spiro atoms. The van der Waals surface area contributed by atoms with Crippen molar-refractivity contribution in [3.63, 3.8) is 0 Å². The van der Waals surface area contributed by atoms with Gasteiger partial charge in [-0.2, -0.15) is 0 Å². The average molecular weight is 187 g/mol. The van der Waals surface area contributed by atoms with Crippen molar-refractivity contribution < 1.29 is 9.22 Å². The number of hydrogen-bond donors (Lipinski definition) is 1. The molecule has 1 saturated heterocycles. The minimum absolute atomic E-state index is 0.174. The van der Waals surface area contributed by atoms with E-state index in [1.54, 1.807) is 0 Å². The molecule has 4 heteroatoms. The first-order valence-corrected chi connectivity index (χ1v) is 7.81. The van der Waals surface area contributed by atoms with E-state index in [1.807, 2.05) is 0 Å². The molecule has 0 aromatic carbocycles. The number of carbonyl (C=O) groups excluding carboxylic acids is 1. The van der Waals surface area contributed by atoms with Gasteiger partial charge in [0.15, 0.2) is 8.32 Å². The van der Waals surface area contributed by atoms with Crippen molar-refractivity contribution in [2.24, 2.45) is 0 Å². The molecular weight excluding hydrogens is 170 g/mol. The Bertz CT molecular complexity index is 168. The Hall–Kier alpha value is -0.353. The minimum Gasteiger partial charge on any atom is -0.418 e. The fourth-order valence-corrected chi connectivity index (χ4v) is 1.84. The van der Waals surface area contributed by atoms with E-state index < -0.39 is 8.32 Å². The van der Waals surface area contributed by atoms with Crippen LogP contribution in [-0.4, -0.2) is 26.9 Å². The standard InChI is InChI=1S/C8H17NO2Si/c1-12(2,3)11-5-4-7-6-8(10)9-7/h7H,4-6H2,1-3H3,(H,9,10). The second-order valence-electron chi connectivity index (χ2n) is 4.22. The summed E-state index contributed by atoms with van der Waals surface area (Å²) in [5.74, 6) is 0.174. The molecule has 0 aliphatic carbocycles. The van der Waals surface area contributed by atoms with E-state index in [4.69, 9.17) is 4.43 Å². The summed E-state index contributed by atoms with van der Waals surface area (Å²) in [6.45, 7) is 7.31. The topological polar surface area (TPSA) is 38.3 Å². The summed E-state index contributed by atoms with van der Waals surface area (Å²) in [6, 6.07) is 0.383. The van der Waals surface area contributed by atoms with Gasteiger partial charge in [0.2, 0.25) is 5.91 Å². The van der Waals surface area contributed by atoms with Crippen LogP contribution < -0.4 is 5.32 Å². The average Bonchev–Trinajstić information content (AvgIpc) is 1.81. The van der Waals surface area contributed by atoms with E-state index in [2.05, 4.69) is 25.0 Å². The van der Waals surface area contributed by atoms with Gasteiger partial charge in [-0.25, -0.2) is 0 Å². The third-order valence-electron chi connectivity index (χ3n) is 1.80. The number of nitrogens with one attached hydrogen (secondary N) is 1. The Labute approximate surface area is 74.6 Å². The maximum Gasteiger partial charge on any atom is 0.222 e. The molecule has 0 aromatic rings. The minimum atomic E-state index is -1.34. The molecule has 0 saturated carbocycles. The van der Waals surface area contributed by atoms with Crippen molar-refractivity contribution in [1.82, 2.24) is 5.32 Å². The fourth-order valence-electron chi connectivity index (χ4n) is 1.11. The van der Waals surface area contributed by atoms with Gasteiger partial charge in [0, 0.05) is 19.1 Å². The zero-order chi connectivity index (χ0) is 9.19. The molecule has 0 aromatic heterocycles. The first kappa shape index (κ1) is 9.73. The van der Waals surface area contributed by atoms with E-state index in [9.17, 15) is 4.79 Å². The summed E-state index contributed by atoms with van der Waals surface area (Å²) in [6.07, 6.45) is 1.66. The third kappa shape index (κ3) is 3.36. The quantitative estimate of drug-likeness (QED) is 0.529. The van der Waals surface area contributed by atoms with Gasteiger partial charge in [0.1, 0.15) is 0 Å². The van der Waals surface area contributed by atoms with Crippen molar-refractivity contribution in [3.8, 4) is 0 Å². The predicted molar refractivity (Wildman–Crippen MR) is 50.5 cm³/mol. The van der Waals surface area contributed by atoms with Crippen LogP contribution in [0.1, 0.15) is 12.8 Å². The summed E-state index contributed by atoms with van der Waals surface area (Å²) in [5, 5.41) is 2.83. The largest absolute Gasteiger partial charge is 0.418 e. The van der Waals surface area contributed by atoms with Crippen molar-refractivity contribution in [3.05, 3.63) is 0 Å². The Morgan fingerprint density at radius 2 is 2.17 bits per heavy atom. The molecule has 1 amide bonds. The first-order chi connectivity index (χ1) is 5.47. The summed E-state index contributed by atoms with van der Waals surface area (Å²) >= 11 is 0. The molecule has 70 valence electrons. The van der Waals surface area contributed by atoms with Gasteiger partial charge >= 0.3 is 0 Å². The van der Waals surface area contributed by atoms with Crippen LogP contribution in [0.4, 0.5) is 0 Å². The van der Waals surface area contributed by atoms with E-state index in [0.29, 0.717) is 12.5 Å². The molecule has 1 N–H and O–H groups in total. The summed E-state index contributed by atoms with van der Waals surface area (Å²) in [4.78, 5) is 10.5. The monoisotopic (exact) mass is 187 g/mol. The van der Waals surface area contributed by atoms with Crippen LogP contribution in [0.2, 0.25) is 19.6 Å². The van der Waals surface area contributed by atoms with Crippen LogP contribution in [0.3, 0.4) is 0 Å². The van der Waals surface area contributed by atoms with Crippen LogP contribution in [0.5, 0.6) is 0 Å². The van der Waals surface area contributed by atoms with Gasteiger partial charge in [-0.15, -0.1) is 0 Å². The van der Waals surface area contributed by atoms with Gasteiger partial charge in [0.25, 0.3) is 0 Å². The lowest BCUT2D eigenvalue weighted by Crippen LogP contribution is -2.49. The maximum atomic E-state index is 10.5. The Morgan fingerprint density at radius 1 is 1.58 bits per heavy atom. The molecule has 1 unspecified atom stereocenters. The zero-order valence-corrected chi connectivity index (χ0v) is 9.02. The lowest BCUT2D eigenvalue weighted by atomic mass is 10.0. The Balaban J connectivity index is 2.00. The molecule has 0 radical (unpaired) electrons. The summed E-state index contributed by atoms with van der Waals surface area (Å²) < 4.78 is 5.66. The normalized spacial score (nSPS) is 23.2. The molecular formula is C8H17NO2Si. The summed E-state index contributed by atoms with van der Waals surface area (Å²) in [5.41, 5.74) is 0. The Morgan fingerprint density at radius 3 is 2.58 bits per heavy atom. The Kier molecular flexibility index (Phi) is 2.90. The van der Waals surface area contributed by atoms with Gasteiger partial charge < -0.3 is 9.74 Å². The second-order valence-corrected chi connectivity index (χ2v) is 8.73. The van der Waals surface area contributed by atoms with Crippen molar-refractivity contribution >= 4 is 14.2 Å². The van der Waals surface area contributed by atoms with Crippen molar-refractivity contribution in [1.29, 1.82) is 0 Å². The molecule has 1 aliphatic rings. The van der Waals surface area contributed by atoms with Gasteiger partial charge in [-0.05, 0) is 26.1 Å². The first-order valence-electron chi connectivity index (χ1n) is 4.41. The highest BCUT2D eigenvalue weighted by atomic mass is 28.4. The molecule has 1 aliphatic heterocycles. The van der Waals surface area contributed by atoms with E-state index >= 15 is 0 Å². The molecule has 1 fully saturated rings. The van der Waals surface area contributed by atoms with Crippen molar-refractivity contribution in [2.45, 2.75) is 38.5 Å². The van der Waals surface area contributed by atoms with E-state index in [-0.39, 0.29) is 5.91 Å². The second kappa shape index (κ2) is 3.58. The number of β-lactam (4-membered cyclic amide) rings is 1. The molecule has 0 bridgehead atoms. The van der Waals surface area contributed by atoms with Crippen LogP contribution in [-0.2, 0) is 9.22 Å². The number of carbonyl (C=O) groups is 1. The van der Waals surface area contributed by atoms with Crippen molar-refractivity contribution in [2.75, 3.05) is 6.61 Å². The van der Waals surface area contributed by atoms with Crippen LogP contribution >= 0.6 is 0 Å². The molecule has 1 heterocycles. The highest BCUT2D eigenvalue weighted by molar-refractivity contribution is 6.69. The fraction of sp³-hybridized carbons (Fsp3) is 0.875. The maximum absolute atomic E-state index is 10.5. The van der Waals surface area contributed by atoms with E-state index in [1.165, 1.54) is 0 Å². The molecule has 1 rings (SSSR count). The van der Waals surface area contributed by atoms with E-state index in [0.717, 1.165) is 13.0 Å². The van der Waals surface area contributed by atoms with Gasteiger partial charge in [-0.1, -0.05) is 0 Å². The SMILES string of the molecule is C[Si](C)(C)OCCC1CC(=O)N1. The molecule has 1 atom stereocenters. The summed E-state index contributed by atoms with van der Waals surface area (Å²) in [7, 11) is -1.34. The highest BCUT2D eigenvalue weighted by Gasteiger charge is 2.25. The zero-order valence-electron chi connectivity index (χ0n) is 8.02. The number of hydrogen-bond acceptors (Lipinski definition) is 2. The molecule has 12 heavy (non-hydrogen) atoms. The van der Waals surface area contributed by atoms with Gasteiger partial charge in [-0.3, -0.25) is 4.79 Å². The lowest BCUT2D eigenvalue weighted by molar-refractivity contribution is -0.128.